The van der Waals surface area contributed by atoms with E-state index in [1.807, 2.05) is 0 Å². The zero-order valence-electron chi connectivity index (χ0n) is 3.17. The van der Waals surface area contributed by atoms with Crippen LogP contribution in [0.2, 0.25) is 0 Å². The second kappa shape index (κ2) is 16.1. The van der Waals surface area contributed by atoms with Gasteiger partial charge in [0.2, 0.25) is 0 Å². The van der Waals surface area contributed by atoms with Gasteiger partial charge in [-0.25, -0.2) is 0 Å². The second-order valence-corrected chi connectivity index (χ2v) is 0.577. The third kappa shape index (κ3) is 18.1. The van der Waals surface area contributed by atoms with Gasteiger partial charge in [0, 0.05) is 57.9 Å². The molecule has 6 heavy (non-hydrogen) atoms. The molecule has 2 radical (unpaired) electrons. The Balaban J connectivity index is -0.0000000450. The van der Waals surface area contributed by atoms with Crippen LogP contribution in [0, 0.1) is 0 Å². The minimum atomic E-state index is 0. The summed E-state index contributed by atoms with van der Waals surface area (Å²) >= 11 is 0. The Morgan fingerprint density at radius 2 is 1.00 bits per heavy atom. The Morgan fingerprint density at radius 1 is 0.833 bits per heavy atom. The van der Waals surface area contributed by atoms with Crippen LogP contribution < -0.4 is 11.5 Å². The fourth-order valence-electron chi connectivity index (χ4n) is 0. The maximum atomic E-state index is 4.90. The molecule has 0 heterocycles. The molecule has 0 aromatic rings. The molecular formula is C2H8Au2N2. The van der Waals surface area contributed by atoms with Crippen LogP contribution in [0.25, 0.3) is 0 Å². The van der Waals surface area contributed by atoms with Gasteiger partial charge in [-0.1, -0.05) is 0 Å². The van der Waals surface area contributed by atoms with Crippen molar-refractivity contribution in [2.45, 2.75) is 0 Å². The van der Waals surface area contributed by atoms with Crippen molar-refractivity contribution in [3.05, 3.63) is 0 Å². The summed E-state index contributed by atoms with van der Waals surface area (Å²) in [6.07, 6.45) is 0. The molecule has 0 bridgehead atoms. The van der Waals surface area contributed by atoms with Gasteiger partial charge in [-0.05, 0) is 0 Å². The third-order valence-electron chi connectivity index (χ3n) is 0.167. The summed E-state index contributed by atoms with van der Waals surface area (Å²) in [7, 11) is 0. The van der Waals surface area contributed by atoms with Gasteiger partial charge < -0.3 is 11.5 Å². The van der Waals surface area contributed by atoms with Gasteiger partial charge in [-0.3, -0.25) is 0 Å². The molecule has 48 valence electrons. The topological polar surface area (TPSA) is 52.0 Å². The summed E-state index contributed by atoms with van der Waals surface area (Å²) in [5.41, 5.74) is 9.81. The van der Waals surface area contributed by atoms with E-state index in [-0.39, 0.29) is 44.8 Å². The molecule has 0 aliphatic rings. The van der Waals surface area contributed by atoms with E-state index in [0.29, 0.717) is 13.1 Å². The number of hydrogen-bond donors (Lipinski definition) is 2. The first-order chi connectivity index (χ1) is 1.91. The van der Waals surface area contributed by atoms with E-state index in [1.54, 1.807) is 0 Å². The summed E-state index contributed by atoms with van der Waals surface area (Å²) < 4.78 is 0. The molecule has 0 rings (SSSR count). The van der Waals surface area contributed by atoms with Crippen molar-refractivity contribution in [1.29, 1.82) is 0 Å². The molecule has 0 aliphatic heterocycles. The summed E-state index contributed by atoms with van der Waals surface area (Å²) in [6.45, 7) is 1.19. The van der Waals surface area contributed by atoms with Crippen molar-refractivity contribution in [1.82, 2.24) is 0 Å². The summed E-state index contributed by atoms with van der Waals surface area (Å²) in [5.74, 6) is 0. The van der Waals surface area contributed by atoms with E-state index < -0.39 is 0 Å². The Kier molecular flexibility index (Phi) is 42.1. The molecular weight excluding hydrogens is 446 g/mol. The predicted molar refractivity (Wildman–Crippen MR) is 18.1 cm³/mol. The van der Waals surface area contributed by atoms with E-state index >= 15 is 0 Å². The van der Waals surface area contributed by atoms with Crippen LogP contribution in [0.3, 0.4) is 0 Å². The van der Waals surface area contributed by atoms with Crippen LogP contribution in [0.4, 0.5) is 0 Å². The predicted octanol–water partition coefficient (Wildman–Crippen LogP) is -1.10. The zero-order valence-corrected chi connectivity index (χ0v) is 7.50. The number of hydrogen-bond acceptors (Lipinski definition) is 2. The van der Waals surface area contributed by atoms with Crippen LogP contribution in [0.5, 0.6) is 0 Å². The Labute approximate surface area is 69.1 Å². The Morgan fingerprint density at radius 3 is 1.00 bits per heavy atom. The van der Waals surface area contributed by atoms with Crippen LogP contribution >= 0.6 is 0 Å². The first-order valence-electron chi connectivity index (χ1n) is 1.32. The van der Waals surface area contributed by atoms with Crippen LogP contribution in [-0.4, -0.2) is 13.1 Å². The largest absolute Gasteiger partial charge is 0.329 e. The zero-order chi connectivity index (χ0) is 3.41. The van der Waals surface area contributed by atoms with Crippen LogP contribution in [-0.2, 0) is 44.8 Å². The quantitative estimate of drug-likeness (QED) is 0.495. The molecule has 0 aromatic heterocycles. The SMILES string of the molecule is NCCN.[Au].[Au]. The van der Waals surface area contributed by atoms with Crippen molar-refractivity contribution in [3.63, 3.8) is 0 Å². The van der Waals surface area contributed by atoms with Gasteiger partial charge in [0.15, 0.2) is 0 Å². The van der Waals surface area contributed by atoms with Crippen LogP contribution in [0.15, 0.2) is 0 Å². The number of rotatable bonds is 1. The summed E-state index contributed by atoms with van der Waals surface area (Å²) in [6, 6.07) is 0. The van der Waals surface area contributed by atoms with Crippen molar-refractivity contribution < 1.29 is 44.8 Å². The third-order valence-corrected chi connectivity index (χ3v) is 0.167. The van der Waals surface area contributed by atoms with E-state index in [9.17, 15) is 0 Å². The minimum Gasteiger partial charge on any atom is -0.329 e. The first-order valence-corrected chi connectivity index (χ1v) is 1.32. The van der Waals surface area contributed by atoms with Gasteiger partial charge in [-0.2, -0.15) is 0 Å². The van der Waals surface area contributed by atoms with Crippen molar-refractivity contribution in [3.8, 4) is 0 Å². The average molecular weight is 454 g/mol. The Hall–Kier alpha value is 1.40. The summed E-state index contributed by atoms with van der Waals surface area (Å²) in [5, 5.41) is 0. The molecule has 0 saturated carbocycles. The molecule has 0 fully saturated rings. The van der Waals surface area contributed by atoms with Crippen molar-refractivity contribution in [2.75, 3.05) is 13.1 Å². The minimum absolute atomic E-state index is 0. The Bertz CT molecular complexity index is 11.5. The molecule has 0 saturated heterocycles. The maximum Gasteiger partial charge on any atom is 0.00461 e. The molecule has 0 atom stereocenters. The van der Waals surface area contributed by atoms with E-state index in [2.05, 4.69) is 0 Å². The molecule has 0 unspecified atom stereocenters. The second-order valence-electron chi connectivity index (χ2n) is 0.577. The van der Waals surface area contributed by atoms with Gasteiger partial charge in [0.1, 0.15) is 0 Å². The molecule has 4 heteroatoms. The van der Waals surface area contributed by atoms with Gasteiger partial charge in [0.25, 0.3) is 0 Å². The van der Waals surface area contributed by atoms with Gasteiger partial charge in [0.05, 0.1) is 0 Å². The fraction of sp³-hybridized carbons (Fsp3) is 1.00. The molecule has 0 spiro atoms. The molecule has 4 N–H and O–H groups in total. The van der Waals surface area contributed by atoms with E-state index in [0.717, 1.165) is 0 Å². The normalized spacial score (nSPS) is 5.00. The summed E-state index contributed by atoms with van der Waals surface area (Å²) in [4.78, 5) is 0. The molecule has 0 aromatic carbocycles. The molecule has 0 amide bonds. The van der Waals surface area contributed by atoms with Gasteiger partial charge >= 0.3 is 0 Å². The average Bonchev–Trinajstić information content (AvgIpc) is 1.37. The van der Waals surface area contributed by atoms with Crippen molar-refractivity contribution >= 4 is 0 Å². The molecule has 2 nitrogen and oxygen atoms in total. The van der Waals surface area contributed by atoms with E-state index in [4.69, 9.17) is 11.5 Å². The maximum absolute atomic E-state index is 4.90. The van der Waals surface area contributed by atoms with Crippen molar-refractivity contribution in [2.24, 2.45) is 11.5 Å². The first kappa shape index (κ1) is 15.7. The number of nitrogens with two attached hydrogens (primary N) is 2. The van der Waals surface area contributed by atoms with Gasteiger partial charge in [-0.15, -0.1) is 0 Å². The molecule has 0 aliphatic carbocycles. The van der Waals surface area contributed by atoms with E-state index in [1.165, 1.54) is 0 Å². The fourth-order valence-corrected chi connectivity index (χ4v) is 0. The monoisotopic (exact) mass is 454 g/mol. The standard InChI is InChI=1S/C2H8N2.2Au/c3-1-2-4;;/h1-4H2;;. The smallest absolute Gasteiger partial charge is 0.00461 e. The van der Waals surface area contributed by atoms with Crippen LogP contribution in [0.1, 0.15) is 0 Å².